The van der Waals surface area contributed by atoms with Crippen molar-refractivity contribution in [3.05, 3.63) is 35.7 Å². The van der Waals surface area contributed by atoms with Crippen LogP contribution in [0.15, 0.2) is 35.7 Å². The Labute approximate surface area is 118 Å². The van der Waals surface area contributed by atoms with Crippen LogP contribution in [0.2, 0.25) is 0 Å². The Balaban J connectivity index is 2.41. The molecule has 0 aliphatic carbocycles. The van der Waals surface area contributed by atoms with Crippen molar-refractivity contribution < 1.29 is 21.6 Å². The summed E-state index contributed by atoms with van der Waals surface area (Å²) in [5.74, 6) is 0.350. The molecule has 6 nitrogen and oxygen atoms in total. The lowest BCUT2D eigenvalue weighted by Crippen LogP contribution is -2.40. The van der Waals surface area contributed by atoms with E-state index in [-0.39, 0.29) is 5.75 Å². The SMILES string of the molecule is COc1ccc(N([C@H]2C=CS(=O)(=O)C2)S(C)(=O)=O)cc1. The number of hydrogen-bond acceptors (Lipinski definition) is 5. The zero-order valence-electron chi connectivity index (χ0n) is 11.1. The third-order valence-electron chi connectivity index (χ3n) is 2.90. The van der Waals surface area contributed by atoms with Crippen molar-refractivity contribution >= 4 is 25.5 Å². The second kappa shape index (κ2) is 5.10. The summed E-state index contributed by atoms with van der Waals surface area (Å²) in [6, 6.07) is 5.70. The maximum Gasteiger partial charge on any atom is 0.232 e. The van der Waals surface area contributed by atoms with Crippen molar-refractivity contribution in [1.29, 1.82) is 0 Å². The average molecular weight is 317 g/mol. The predicted molar refractivity (Wildman–Crippen MR) is 77.0 cm³/mol. The summed E-state index contributed by atoms with van der Waals surface area (Å²) in [5.41, 5.74) is 0.403. The smallest absolute Gasteiger partial charge is 0.232 e. The summed E-state index contributed by atoms with van der Waals surface area (Å²) in [6.45, 7) is 0. The van der Waals surface area contributed by atoms with Crippen molar-refractivity contribution in [2.75, 3.05) is 23.4 Å². The Morgan fingerprint density at radius 2 is 1.85 bits per heavy atom. The van der Waals surface area contributed by atoms with Crippen LogP contribution in [0.25, 0.3) is 0 Å². The van der Waals surface area contributed by atoms with Gasteiger partial charge in [0.2, 0.25) is 10.0 Å². The van der Waals surface area contributed by atoms with Crippen molar-refractivity contribution in [3.63, 3.8) is 0 Å². The van der Waals surface area contributed by atoms with E-state index in [9.17, 15) is 16.8 Å². The van der Waals surface area contributed by atoms with E-state index in [4.69, 9.17) is 4.74 Å². The van der Waals surface area contributed by atoms with Crippen LogP contribution in [0.4, 0.5) is 5.69 Å². The number of methoxy groups -OCH3 is 1. The van der Waals surface area contributed by atoms with E-state index in [1.807, 2.05) is 0 Å². The van der Waals surface area contributed by atoms with Gasteiger partial charge >= 0.3 is 0 Å². The Morgan fingerprint density at radius 1 is 1.25 bits per heavy atom. The molecule has 0 bridgehead atoms. The Morgan fingerprint density at radius 3 is 2.25 bits per heavy atom. The number of sulfone groups is 1. The molecule has 0 fully saturated rings. The van der Waals surface area contributed by atoms with Gasteiger partial charge < -0.3 is 4.74 Å². The molecule has 0 aromatic heterocycles. The minimum Gasteiger partial charge on any atom is -0.497 e. The molecule has 8 heteroatoms. The van der Waals surface area contributed by atoms with Gasteiger partial charge in [-0.1, -0.05) is 0 Å². The van der Waals surface area contributed by atoms with Gasteiger partial charge in [-0.3, -0.25) is 4.31 Å². The standard InChI is InChI=1S/C12H15NO5S2/c1-18-12-5-3-10(4-6-12)13(19(2,14)15)11-7-8-20(16,17)9-11/h3-8,11H,9H2,1-2H3/t11-/m0/s1. The number of rotatable bonds is 4. The van der Waals surface area contributed by atoms with Gasteiger partial charge in [-0.25, -0.2) is 16.8 Å². The number of sulfonamides is 1. The zero-order valence-corrected chi connectivity index (χ0v) is 12.7. The molecule has 0 saturated carbocycles. The molecule has 1 heterocycles. The Hall–Kier alpha value is -1.54. The van der Waals surface area contributed by atoms with E-state index in [1.54, 1.807) is 24.3 Å². The summed E-state index contributed by atoms with van der Waals surface area (Å²) >= 11 is 0. The first-order valence-electron chi connectivity index (χ1n) is 5.77. The van der Waals surface area contributed by atoms with Gasteiger partial charge in [0.1, 0.15) is 5.75 Å². The molecular weight excluding hydrogens is 302 g/mol. The summed E-state index contributed by atoms with van der Waals surface area (Å²) in [5, 5.41) is 1.05. The molecule has 1 atom stereocenters. The Kier molecular flexibility index (Phi) is 3.79. The highest BCUT2D eigenvalue weighted by molar-refractivity contribution is 7.95. The summed E-state index contributed by atoms with van der Waals surface area (Å²) in [7, 11) is -5.42. The van der Waals surface area contributed by atoms with Crippen LogP contribution in [0.1, 0.15) is 0 Å². The first kappa shape index (κ1) is 14.9. The fourth-order valence-corrected chi connectivity index (χ4v) is 4.57. The summed E-state index contributed by atoms with van der Waals surface area (Å²) in [6.07, 6.45) is 2.44. The minimum atomic E-state index is -3.59. The summed E-state index contributed by atoms with van der Waals surface area (Å²) < 4.78 is 53.0. The quantitative estimate of drug-likeness (QED) is 0.819. The second-order valence-electron chi connectivity index (χ2n) is 4.48. The second-order valence-corrected chi connectivity index (χ2v) is 8.27. The molecule has 110 valence electrons. The predicted octanol–water partition coefficient (Wildman–Crippen LogP) is 0.772. The number of benzene rings is 1. The van der Waals surface area contributed by atoms with Crippen molar-refractivity contribution in [3.8, 4) is 5.75 Å². The maximum atomic E-state index is 12.0. The van der Waals surface area contributed by atoms with Crippen LogP contribution in [0, 0.1) is 0 Å². The van der Waals surface area contributed by atoms with Crippen LogP contribution in [-0.4, -0.2) is 42.0 Å². The zero-order chi connectivity index (χ0) is 15.0. The van der Waals surface area contributed by atoms with Crippen LogP contribution in [0.5, 0.6) is 5.75 Å². The largest absolute Gasteiger partial charge is 0.497 e. The van der Waals surface area contributed by atoms with Crippen LogP contribution in [0.3, 0.4) is 0 Å². The van der Waals surface area contributed by atoms with E-state index in [0.29, 0.717) is 11.4 Å². The van der Waals surface area contributed by atoms with Gasteiger partial charge in [-0.2, -0.15) is 0 Å². The van der Waals surface area contributed by atoms with Gasteiger partial charge in [-0.15, -0.1) is 0 Å². The van der Waals surface area contributed by atoms with Crippen molar-refractivity contribution in [1.82, 2.24) is 0 Å². The maximum absolute atomic E-state index is 12.0. The van der Waals surface area contributed by atoms with Crippen LogP contribution >= 0.6 is 0 Å². The van der Waals surface area contributed by atoms with Gasteiger partial charge in [-0.05, 0) is 30.3 Å². The number of nitrogens with zero attached hydrogens (tertiary/aromatic N) is 1. The molecule has 1 aromatic rings. The molecule has 0 saturated heterocycles. The topological polar surface area (TPSA) is 80.8 Å². The molecule has 0 N–H and O–H groups in total. The highest BCUT2D eigenvalue weighted by atomic mass is 32.2. The van der Waals surface area contributed by atoms with Gasteiger partial charge in [0.25, 0.3) is 0 Å². The molecule has 20 heavy (non-hydrogen) atoms. The first-order chi connectivity index (χ1) is 9.23. The van der Waals surface area contributed by atoms with E-state index in [1.165, 1.54) is 13.2 Å². The lowest BCUT2D eigenvalue weighted by Gasteiger charge is -2.27. The first-order valence-corrected chi connectivity index (χ1v) is 9.34. The molecule has 2 rings (SSSR count). The van der Waals surface area contributed by atoms with E-state index < -0.39 is 25.9 Å². The van der Waals surface area contributed by atoms with Gasteiger partial charge in [0, 0.05) is 5.41 Å². The normalized spacial score (nSPS) is 20.8. The molecule has 0 radical (unpaired) electrons. The van der Waals surface area contributed by atoms with Crippen LogP contribution < -0.4 is 9.04 Å². The molecular formula is C12H15NO5S2. The third-order valence-corrected chi connectivity index (χ3v) is 5.47. The van der Waals surface area contributed by atoms with Crippen molar-refractivity contribution in [2.24, 2.45) is 0 Å². The molecule has 1 aromatic carbocycles. The van der Waals surface area contributed by atoms with E-state index in [2.05, 4.69) is 0 Å². The number of ether oxygens (including phenoxy) is 1. The van der Waals surface area contributed by atoms with E-state index in [0.717, 1.165) is 16.0 Å². The lowest BCUT2D eigenvalue weighted by molar-refractivity contribution is 0.415. The molecule has 0 amide bonds. The number of anilines is 1. The molecule has 0 unspecified atom stereocenters. The molecule has 0 spiro atoms. The lowest BCUT2D eigenvalue weighted by atomic mass is 10.2. The highest BCUT2D eigenvalue weighted by Gasteiger charge is 2.32. The fraction of sp³-hybridized carbons (Fsp3) is 0.333. The van der Waals surface area contributed by atoms with Crippen molar-refractivity contribution in [2.45, 2.75) is 6.04 Å². The Bertz CT molecular complexity index is 720. The minimum absolute atomic E-state index is 0.244. The molecule has 1 aliphatic heterocycles. The monoisotopic (exact) mass is 317 g/mol. The van der Waals surface area contributed by atoms with Gasteiger partial charge in [0.05, 0.1) is 30.8 Å². The number of hydrogen-bond donors (Lipinski definition) is 0. The third kappa shape index (κ3) is 3.13. The average Bonchev–Trinajstić information content (AvgIpc) is 2.69. The van der Waals surface area contributed by atoms with Crippen LogP contribution in [-0.2, 0) is 19.9 Å². The highest BCUT2D eigenvalue weighted by Crippen LogP contribution is 2.27. The van der Waals surface area contributed by atoms with E-state index >= 15 is 0 Å². The molecule has 1 aliphatic rings. The fourth-order valence-electron chi connectivity index (χ4n) is 2.06. The summed E-state index contributed by atoms with van der Waals surface area (Å²) in [4.78, 5) is 0. The van der Waals surface area contributed by atoms with Gasteiger partial charge in [0.15, 0.2) is 9.84 Å².